The topological polar surface area (TPSA) is 61.4 Å². The minimum absolute atomic E-state index is 0.298. The van der Waals surface area contributed by atoms with Gasteiger partial charge in [-0.2, -0.15) is 0 Å². The molecule has 0 radical (unpaired) electrons. The van der Waals surface area contributed by atoms with Crippen LogP contribution < -0.4 is 16.1 Å². The molecule has 0 unspecified atom stereocenters. The van der Waals surface area contributed by atoms with Gasteiger partial charge in [0.05, 0.1) is 12.6 Å². The Morgan fingerprint density at radius 2 is 2.12 bits per heavy atom. The molecule has 0 N–H and O–H groups in total. The first-order valence-electron chi connectivity index (χ1n) is 4.89. The Kier molecular flexibility index (Phi) is 2.52. The van der Waals surface area contributed by atoms with Crippen LogP contribution in [0.25, 0.3) is 10.9 Å². The molecule has 0 aliphatic heterocycles. The van der Waals surface area contributed by atoms with Gasteiger partial charge in [-0.3, -0.25) is 4.57 Å². The third kappa shape index (κ3) is 1.41. The minimum Gasteiger partial charge on any atom is -0.496 e. The summed E-state index contributed by atoms with van der Waals surface area (Å²) in [5.41, 5.74) is -0.134. The average molecular weight is 221 g/mol. The molecule has 0 atom stereocenters. The molecule has 0 spiro atoms. The van der Waals surface area contributed by atoms with E-state index in [-0.39, 0.29) is 0 Å². The smallest absolute Gasteiger partial charge is 0.422 e. The molecular formula is C11H11NO4. The Balaban J connectivity index is 3.04. The molecule has 0 aliphatic rings. The second-order valence-electron chi connectivity index (χ2n) is 3.25. The molecule has 5 heteroatoms. The zero-order chi connectivity index (χ0) is 11.7. The van der Waals surface area contributed by atoms with Crippen LogP contribution >= 0.6 is 0 Å². The van der Waals surface area contributed by atoms with Crippen molar-refractivity contribution in [2.75, 3.05) is 7.11 Å². The first kappa shape index (κ1) is 10.5. The minimum atomic E-state index is -0.665. The van der Waals surface area contributed by atoms with E-state index in [1.165, 1.54) is 11.7 Å². The zero-order valence-corrected chi connectivity index (χ0v) is 9.02. The van der Waals surface area contributed by atoms with Crippen LogP contribution in [-0.2, 0) is 6.54 Å². The van der Waals surface area contributed by atoms with Crippen LogP contribution in [0.2, 0.25) is 0 Å². The summed E-state index contributed by atoms with van der Waals surface area (Å²) >= 11 is 0. The summed E-state index contributed by atoms with van der Waals surface area (Å²) in [5.74, 6) is -0.235. The molecule has 2 aromatic rings. The summed E-state index contributed by atoms with van der Waals surface area (Å²) in [6.07, 6.45) is 0. The van der Waals surface area contributed by atoms with E-state index in [9.17, 15) is 9.59 Å². The SMILES string of the molecule is CCn1c(=O)oc(=O)c2c(OC)cccc21. The van der Waals surface area contributed by atoms with E-state index in [4.69, 9.17) is 4.74 Å². The van der Waals surface area contributed by atoms with Crippen LogP contribution in [0.5, 0.6) is 5.75 Å². The summed E-state index contributed by atoms with van der Waals surface area (Å²) in [5, 5.41) is 0.298. The fraction of sp³-hybridized carbons (Fsp3) is 0.273. The average Bonchev–Trinajstić information content (AvgIpc) is 2.28. The largest absolute Gasteiger partial charge is 0.496 e. The van der Waals surface area contributed by atoms with Crippen LogP contribution in [0.1, 0.15) is 6.92 Å². The number of fused-ring (bicyclic) bond motifs is 1. The third-order valence-corrected chi connectivity index (χ3v) is 2.44. The molecular weight excluding hydrogens is 210 g/mol. The first-order valence-corrected chi connectivity index (χ1v) is 4.89. The molecule has 84 valence electrons. The maximum absolute atomic E-state index is 11.6. The quantitative estimate of drug-likeness (QED) is 0.758. The van der Waals surface area contributed by atoms with Crippen molar-refractivity contribution in [3.05, 3.63) is 39.2 Å². The summed E-state index contributed by atoms with van der Waals surface area (Å²) in [6.45, 7) is 2.24. The van der Waals surface area contributed by atoms with Crippen LogP contribution in [0, 0.1) is 0 Å². The Bertz CT molecular complexity index is 638. The predicted molar refractivity (Wildman–Crippen MR) is 59.0 cm³/mol. The molecule has 16 heavy (non-hydrogen) atoms. The molecule has 0 fully saturated rings. The van der Waals surface area contributed by atoms with Crippen molar-refractivity contribution >= 4 is 10.9 Å². The first-order chi connectivity index (χ1) is 7.69. The van der Waals surface area contributed by atoms with E-state index < -0.39 is 11.4 Å². The summed E-state index contributed by atoms with van der Waals surface area (Å²) in [4.78, 5) is 23.0. The fourth-order valence-corrected chi connectivity index (χ4v) is 1.70. The number of aromatic nitrogens is 1. The van der Waals surface area contributed by atoms with E-state index in [1.807, 2.05) is 0 Å². The van der Waals surface area contributed by atoms with Crippen molar-refractivity contribution in [1.82, 2.24) is 4.57 Å². The molecule has 1 aromatic carbocycles. The van der Waals surface area contributed by atoms with Crippen LogP contribution in [-0.4, -0.2) is 11.7 Å². The second kappa shape index (κ2) is 3.84. The van der Waals surface area contributed by atoms with Gasteiger partial charge in [0.15, 0.2) is 0 Å². The van der Waals surface area contributed by atoms with E-state index in [2.05, 4.69) is 4.42 Å². The lowest BCUT2D eigenvalue weighted by Crippen LogP contribution is -2.24. The van der Waals surface area contributed by atoms with Crippen molar-refractivity contribution in [1.29, 1.82) is 0 Å². The number of aryl methyl sites for hydroxylation is 1. The molecule has 1 heterocycles. The number of rotatable bonds is 2. The highest BCUT2D eigenvalue weighted by molar-refractivity contribution is 5.84. The van der Waals surface area contributed by atoms with Gasteiger partial charge in [0.1, 0.15) is 11.1 Å². The van der Waals surface area contributed by atoms with Crippen molar-refractivity contribution in [2.24, 2.45) is 0 Å². The Hall–Kier alpha value is -2.04. The van der Waals surface area contributed by atoms with Gasteiger partial charge in [-0.1, -0.05) is 6.07 Å². The number of ether oxygens (including phenoxy) is 1. The van der Waals surface area contributed by atoms with E-state index >= 15 is 0 Å². The maximum Gasteiger partial charge on any atom is 0.422 e. The highest BCUT2D eigenvalue weighted by Crippen LogP contribution is 2.20. The Labute approximate surface area is 90.9 Å². The van der Waals surface area contributed by atoms with E-state index in [0.29, 0.717) is 23.2 Å². The van der Waals surface area contributed by atoms with Gasteiger partial charge in [0.25, 0.3) is 0 Å². The number of hydrogen-bond donors (Lipinski definition) is 0. The fourth-order valence-electron chi connectivity index (χ4n) is 1.70. The third-order valence-electron chi connectivity index (χ3n) is 2.44. The second-order valence-corrected chi connectivity index (χ2v) is 3.25. The van der Waals surface area contributed by atoms with Gasteiger partial charge in [0.2, 0.25) is 0 Å². The van der Waals surface area contributed by atoms with Crippen molar-refractivity contribution in [3.63, 3.8) is 0 Å². The zero-order valence-electron chi connectivity index (χ0n) is 9.02. The van der Waals surface area contributed by atoms with Crippen LogP contribution in [0.15, 0.2) is 32.2 Å². The molecule has 5 nitrogen and oxygen atoms in total. The van der Waals surface area contributed by atoms with Gasteiger partial charge >= 0.3 is 11.4 Å². The predicted octanol–water partition coefficient (Wildman–Crippen LogP) is 0.983. The molecule has 0 amide bonds. The number of hydrogen-bond acceptors (Lipinski definition) is 4. The lowest BCUT2D eigenvalue weighted by molar-refractivity contribution is 0.403. The van der Waals surface area contributed by atoms with Gasteiger partial charge in [-0.05, 0) is 19.1 Å². The van der Waals surface area contributed by atoms with Crippen LogP contribution in [0.3, 0.4) is 0 Å². The summed E-state index contributed by atoms with van der Waals surface area (Å²) in [7, 11) is 1.47. The molecule has 0 bridgehead atoms. The lowest BCUT2D eigenvalue weighted by atomic mass is 10.2. The normalized spacial score (nSPS) is 10.6. The van der Waals surface area contributed by atoms with Gasteiger partial charge in [-0.25, -0.2) is 9.59 Å². The van der Waals surface area contributed by atoms with Crippen molar-refractivity contribution in [3.8, 4) is 5.75 Å². The monoisotopic (exact) mass is 221 g/mol. The molecule has 0 saturated heterocycles. The van der Waals surface area contributed by atoms with Gasteiger partial charge in [0, 0.05) is 6.54 Å². The van der Waals surface area contributed by atoms with Gasteiger partial charge < -0.3 is 9.15 Å². The highest BCUT2D eigenvalue weighted by atomic mass is 16.5. The molecule has 2 rings (SSSR count). The van der Waals surface area contributed by atoms with Gasteiger partial charge in [-0.15, -0.1) is 0 Å². The number of benzene rings is 1. The summed E-state index contributed by atoms with van der Waals surface area (Å²) < 4.78 is 11.1. The van der Waals surface area contributed by atoms with Crippen molar-refractivity contribution < 1.29 is 9.15 Å². The number of nitrogens with zero attached hydrogens (tertiary/aromatic N) is 1. The van der Waals surface area contributed by atoms with Crippen molar-refractivity contribution in [2.45, 2.75) is 13.5 Å². The summed E-state index contributed by atoms with van der Waals surface area (Å²) in [6, 6.07) is 5.08. The maximum atomic E-state index is 11.6. The standard InChI is InChI=1S/C11H11NO4/c1-3-12-7-5-4-6-8(15-2)9(7)10(13)16-11(12)14/h4-6H,3H2,1-2H3. The lowest BCUT2D eigenvalue weighted by Gasteiger charge is -2.07. The van der Waals surface area contributed by atoms with Crippen LogP contribution in [0.4, 0.5) is 0 Å². The highest BCUT2D eigenvalue weighted by Gasteiger charge is 2.11. The molecule has 1 aromatic heterocycles. The Morgan fingerprint density at radius 3 is 2.75 bits per heavy atom. The van der Waals surface area contributed by atoms with E-state index in [0.717, 1.165) is 0 Å². The molecule has 0 aliphatic carbocycles. The number of methoxy groups -OCH3 is 1. The van der Waals surface area contributed by atoms with E-state index in [1.54, 1.807) is 25.1 Å². The molecule has 0 saturated carbocycles. The Morgan fingerprint density at radius 1 is 1.38 bits per heavy atom.